The summed E-state index contributed by atoms with van der Waals surface area (Å²) >= 11 is 9.71. The van der Waals surface area contributed by atoms with Crippen LogP contribution in [0.1, 0.15) is 38.3 Å². The summed E-state index contributed by atoms with van der Waals surface area (Å²) in [7, 11) is 0. The molecule has 2 aliphatic heterocycles. The number of amides is 2. The van der Waals surface area contributed by atoms with Gasteiger partial charge in [0.1, 0.15) is 5.75 Å². The van der Waals surface area contributed by atoms with Crippen molar-refractivity contribution in [1.29, 1.82) is 0 Å². The number of rotatable bonds is 2. The minimum atomic E-state index is -0.505. The van der Waals surface area contributed by atoms with Crippen molar-refractivity contribution in [1.82, 2.24) is 5.32 Å². The van der Waals surface area contributed by atoms with E-state index in [1.807, 2.05) is 18.2 Å². The van der Waals surface area contributed by atoms with Gasteiger partial charge < -0.3 is 14.8 Å². The molecule has 2 heterocycles. The second kappa shape index (κ2) is 7.88. The molecule has 8 heteroatoms. The highest BCUT2D eigenvalue weighted by atomic mass is 79.9. The number of anilines is 1. The number of benzene rings is 2. The molecule has 2 aromatic carbocycles. The third-order valence-corrected chi connectivity index (χ3v) is 5.67. The van der Waals surface area contributed by atoms with E-state index < -0.39 is 12.1 Å². The Balaban J connectivity index is 1.84. The van der Waals surface area contributed by atoms with Gasteiger partial charge in [-0.15, -0.1) is 0 Å². The van der Waals surface area contributed by atoms with Crippen LogP contribution < -0.4 is 15.0 Å². The van der Waals surface area contributed by atoms with E-state index in [9.17, 15) is 9.59 Å². The fraction of sp³-hybridized carbons (Fsp3) is 0.333. The smallest absolute Gasteiger partial charge is 0.407 e. The van der Waals surface area contributed by atoms with Gasteiger partial charge in [0.05, 0.1) is 23.9 Å². The molecule has 6 nitrogen and oxygen atoms in total. The summed E-state index contributed by atoms with van der Waals surface area (Å²) in [5.74, 6) is 1.11. The van der Waals surface area contributed by atoms with Crippen molar-refractivity contribution in [3.8, 4) is 11.5 Å². The molecule has 0 radical (unpaired) electrons. The molecule has 0 unspecified atom stereocenters. The summed E-state index contributed by atoms with van der Waals surface area (Å²) in [5.41, 5.74) is 1.40. The molecule has 1 N–H and O–H groups in total. The van der Waals surface area contributed by atoms with Gasteiger partial charge >= 0.3 is 6.09 Å². The number of carbonyl (C=O) groups is 2. The summed E-state index contributed by atoms with van der Waals surface area (Å²) < 4.78 is 12.3. The minimum Gasteiger partial charge on any atom is -0.455 e. The van der Waals surface area contributed by atoms with Crippen LogP contribution >= 0.6 is 27.5 Å². The second-order valence-corrected chi connectivity index (χ2v) is 8.70. The van der Waals surface area contributed by atoms with E-state index in [4.69, 9.17) is 21.1 Å². The first-order valence-corrected chi connectivity index (χ1v) is 10.6. The summed E-state index contributed by atoms with van der Waals surface area (Å²) in [6.45, 7) is 3.59. The van der Waals surface area contributed by atoms with Crippen LogP contribution in [0.15, 0.2) is 40.9 Å². The molecule has 4 rings (SSSR count). The van der Waals surface area contributed by atoms with E-state index in [1.165, 1.54) is 0 Å². The van der Waals surface area contributed by atoms with Crippen LogP contribution in [0.5, 0.6) is 11.5 Å². The lowest BCUT2D eigenvalue weighted by molar-refractivity contribution is -0.120. The van der Waals surface area contributed by atoms with E-state index in [2.05, 4.69) is 21.2 Å². The maximum absolute atomic E-state index is 13.0. The van der Waals surface area contributed by atoms with Gasteiger partial charge in [0, 0.05) is 21.5 Å². The lowest BCUT2D eigenvalue weighted by Gasteiger charge is -2.40. The first-order chi connectivity index (χ1) is 13.8. The quantitative estimate of drug-likeness (QED) is 0.610. The van der Waals surface area contributed by atoms with Gasteiger partial charge in [0.25, 0.3) is 0 Å². The number of alkyl carbamates (subject to hydrolysis) is 1. The Morgan fingerprint density at radius 2 is 2.07 bits per heavy atom. The third kappa shape index (κ3) is 3.94. The zero-order chi connectivity index (χ0) is 20.7. The van der Waals surface area contributed by atoms with Crippen LogP contribution in [0.2, 0.25) is 5.02 Å². The van der Waals surface area contributed by atoms with Crippen molar-refractivity contribution < 1.29 is 19.1 Å². The molecule has 0 bridgehead atoms. The van der Waals surface area contributed by atoms with Crippen LogP contribution in [0, 0.1) is 0 Å². The van der Waals surface area contributed by atoms with Gasteiger partial charge in [-0.25, -0.2) is 4.79 Å². The fourth-order valence-corrected chi connectivity index (χ4v) is 4.31. The predicted molar refractivity (Wildman–Crippen MR) is 114 cm³/mol. The monoisotopic (exact) mass is 478 g/mol. The van der Waals surface area contributed by atoms with Crippen molar-refractivity contribution in [3.05, 3.63) is 51.5 Å². The van der Waals surface area contributed by atoms with Crippen LogP contribution in [-0.2, 0) is 9.53 Å². The average molecular weight is 480 g/mol. The Labute approximate surface area is 182 Å². The second-order valence-electron chi connectivity index (χ2n) is 7.35. The molecular weight excluding hydrogens is 460 g/mol. The number of nitrogens with zero attached hydrogens (tertiary/aromatic N) is 1. The van der Waals surface area contributed by atoms with Gasteiger partial charge in [0.15, 0.2) is 5.75 Å². The number of halogens is 2. The van der Waals surface area contributed by atoms with E-state index in [1.54, 1.807) is 36.9 Å². The molecule has 1 saturated heterocycles. The zero-order valence-electron chi connectivity index (χ0n) is 15.9. The van der Waals surface area contributed by atoms with Crippen molar-refractivity contribution in [2.75, 3.05) is 4.90 Å². The Hall–Kier alpha value is -2.25. The SMILES string of the molecule is CC(C)OC(=O)N[C@@H]1CCC(=O)N2c3cc(Cl)ccc3Oc3cc(Br)ccc3[C@H]12. The minimum absolute atomic E-state index is 0.0480. The normalized spacial score (nSPS) is 20.2. The van der Waals surface area contributed by atoms with E-state index in [0.29, 0.717) is 35.1 Å². The molecular formula is C21H20BrClN2O4. The lowest BCUT2D eigenvalue weighted by Crippen LogP contribution is -2.52. The molecule has 152 valence electrons. The number of carbonyl (C=O) groups excluding carboxylic acids is 2. The highest BCUT2D eigenvalue weighted by molar-refractivity contribution is 9.10. The Bertz CT molecular complexity index is 981. The summed E-state index contributed by atoms with van der Waals surface area (Å²) in [6, 6.07) is 10.1. The van der Waals surface area contributed by atoms with Crippen molar-refractivity contribution in [3.63, 3.8) is 0 Å². The number of ether oxygens (including phenoxy) is 2. The number of nitrogens with one attached hydrogen (secondary N) is 1. The van der Waals surface area contributed by atoms with E-state index in [0.717, 1.165) is 10.0 Å². The largest absolute Gasteiger partial charge is 0.455 e. The molecule has 2 aromatic rings. The van der Waals surface area contributed by atoms with Gasteiger partial charge in [-0.3, -0.25) is 9.69 Å². The van der Waals surface area contributed by atoms with Gasteiger partial charge in [-0.1, -0.05) is 33.6 Å². The maximum atomic E-state index is 13.0. The maximum Gasteiger partial charge on any atom is 0.407 e. The van der Waals surface area contributed by atoms with Crippen LogP contribution in [0.3, 0.4) is 0 Å². The summed E-state index contributed by atoms with van der Waals surface area (Å²) in [5, 5.41) is 3.44. The lowest BCUT2D eigenvalue weighted by atomic mass is 9.89. The van der Waals surface area contributed by atoms with Crippen molar-refractivity contribution in [2.45, 2.75) is 44.9 Å². The Morgan fingerprint density at radius 1 is 1.28 bits per heavy atom. The molecule has 29 heavy (non-hydrogen) atoms. The molecule has 2 amide bonds. The highest BCUT2D eigenvalue weighted by Gasteiger charge is 2.43. The molecule has 0 aromatic heterocycles. The topological polar surface area (TPSA) is 67.9 Å². The van der Waals surface area contributed by atoms with Crippen molar-refractivity contribution >= 4 is 45.2 Å². The number of hydrogen-bond donors (Lipinski definition) is 1. The predicted octanol–water partition coefficient (Wildman–Crippen LogP) is 5.58. The molecule has 1 fully saturated rings. The van der Waals surface area contributed by atoms with Gasteiger partial charge in [-0.05, 0) is 50.6 Å². The van der Waals surface area contributed by atoms with E-state index >= 15 is 0 Å². The Morgan fingerprint density at radius 3 is 2.83 bits per heavy atom. The third-order valence-electron chi connectivity index (χ3n) is 4.94. The molecule has 0 saturated carbocycles. The first-order valence-electron chi connectivity index (χ1n) is 9.39. The number of piperidine rings is 1. The molecule has 2 atom stereocenters. The standard InChI is InChI=1S/C21H20BrClN2O4/c1-11(2)28-21(27)24-15-6-8-19(26)25-16-10-13(23)4-7-17(16)29-18-9-12(22)3-5-14(18)20(15)25/h3-5,7,9-11,15,20H,6,8H2,1-2H3,(H,24,27)/t15-,20-/m1/s1. The molecule has 0 aliphatic carbocycles. The Kier molecular flexibility index (Phi) is 5.44. The van der Waals surface area contributed by atoms with Crippen LogP contribution in [-0.4, -0.2) is 24.1 Å². The van der Waals surface area contributed by atoms with Gasteiger partial charge in [-0.2, -0.15) is 0 Å². The molecule has 2 aliphatic rings. The fourth-order valence-electron chi connectivity index (χ4n) is 3.81. The first kappa shape index (κ1) is 20.0. The average Bonchev–Trinajstić information content (AvgIpc) is 2.78. The number of fused-ring (bicyclic) bond motifs is 5. The summed E-state index contributed by atoms with van der Waals surface area (Å²) in [6.07, 6.45) is 0.0468. The summed E-state index contributed by atoms with van der Waals surface area (Å²) in [4.78, 5) is 27.0. The zero-order valence-corrected chi connectivity index (χ0v) is 18.3. The van der Waals surface area contributed by atoms with Crippen LogP contribution in [0.4, 0.5) is 10.5 Å². The number of hydrogen-bond acceptors (Lipinski definition) is 4. The highest BCUT2D eigenvalue weighted by Crippen LogP contribution is 2.49. The van der Waals surface area contributed by atoms with Crippen molar-refractivity contribution in [2.24, 2.45) is 0 Å². The molecule has 0 spiro atoms. The van der Waals surface area contributed by atoms with Crippen LogP contribution in [0.25, 0.3) is 0 Å². The van der Waals surface area contributed by atoms with Gasteiger partial charge in [0.2, 0.25) is 5.91 Å². The van der Waals surface area contributed by atoms with E-state index in [-0.39, 0.29) is 18.1 Å².